The highest BCUT2D eigenvalue weighted by atomic mass is 19.1. The van der Waals surface area contributed by atoms with Crippen LogP contribution in [-0.4, -0.2) is 40.2 Å². The van der Waals surface area contributed by atoms with E-state index in [0.29, 0.717) is 17.9 Å². The molecule has 0 saturated carbocycles. The van der Waals surface area contributed by atoms with Crippen molar-refractivity contribution in [3.05, 3.63) is 65.5 Å². The molecule has 25 heavy (non-hydrogen) atoms. The molecule has 2 aromatic rings. The summed E-state index contributed by atoms with van der Waals surface area (Å²) < 4.78 is 24.2. The second-order valence-corrected chi connectivity index (χ2v) is 6.14. The van der Waals surface area contributed by atoms with Gasteiger partial charge in [0, 0.05) is 6.42 Å². The number of ether oxygens (including phenoxy) is 2. The van der Waals surface area contributed by atoms with Crippen molar-refractivity contribution in [3.63, 3.8) is 0 Å². The minimum Gasteiger partial charge on any atom is -0.489 e. The summed E-state index contributed by atoms with van der Waals surface area (Å²) in [6, 6.07) is 13.1. The third kappa shape index (κ3) is 4.35. The average Bonchev–Trinajstić information content (AvgIpc) is 2.64. The van der Waals surface area contributed by atoms with E-state index in [9.17, 15) is 19.7 Å². The first-order valence-electron chi connectivity index (χ1n) is 8.16. The highest BCUT2D eigenvalue weighted by molar-refractivity contribution is 5.30. The monoisotopic (exact) mass is 348 g/mol. The average molecular weight is 348 g/mol. The molecule has 0 aliphatic carbocycles. The van der Waals surface area contributed by atoms with Crippen LogP contribution in [0.3, 0.4) is 0 Å². The van der Waals surface area contributed by atoms with Crippen LogP contribution in [0, 0.1) is 5.82 Å². The number of benzene rings is 2. The van der Waals surface area contributed by atoms with Crippen LogP contribution in [0.2, 0.25) is 0 Å². The van der Waals surface area contributed by atoms with Crippen molar-refractivity contribution in [3.8, 4) is 5.75 Å². The maximum absolute atomic E-state index is 12.9. The molecular formula is C19H21FO5. The Hall–Kier alpha value is -1.99. The summed E-state index contributed by atoms with van der Waals surface area (Å²) in [6.45, 7) is 0.104. The molecule has 6 heteroatoms. The number of aliphatic hydroxyl groups is 3. The van der Waals surface area contributed by atoms with E-state index in [0.717, 1.165) is 5.56 Å². The molecule has 1 aliphatic heterocycles. The maximum atomic E-state index is 12.9. The summed E-state index contributed by atoms with van der Waals surface area (Å²) in [6.07, 6.45) is -2.99. The fourth-order valence-corrected chi connectivity index (χ4v) is 2.85. The van der Waals surface area contributed by atoms with Gasteiger partial charge in [0.05, 0.1) is 18.8 Å². The number of rotatable bonds is 5. The van der Waals surface area contributed by atoms with Gasteiger partial charge in [-0.2, -0.15) is 0 Å². The predicted octanol–water partition coefficient (Wildman–Crippen LogP) is 1.95. The Bertz CT molecular complexity index is 673. The van der Waals surface area contributed by atoms with Gasteiger partial charge in [0.15, 0.2) is 0 Å². The summed E-state index contributed by atoms with van der Waals surface area (Å²) in [5.74, 6) is 0.333. The van der Waals surface area contributed by atoms with Gasteiger partial charge in [0.25, 0.3) is 0 Å². The fraction of sp³-hybridized carbons (Fsp3) is 0.368. The number of hydrogen-bond acceptors (Lipinski definition) is 5. The Morgan fingerprint density at radius 3 is 2.36 bits per heavy atom. The molecule has 3 N–H and O–H groups in total. The molecule has 0 aromatic heterocycles. The summed E-state index contributed by atoms with van der Waals surface area (Å²) in [5.41, 5.74) is 1.55. The lowest BCUT2D eigenvalue weighted by atomic mass is 9.93. The van der Waals surface area contributed by atoms with Gasteiger partial charge in [-0.15, -0.1) is 0 Å². The Balaban J connectivity index is 1.64. The molecule has 0 radical (unpaired) electrons. The molecule has 5 nitrogen and oxygen atoms in total. The van der Waals surface area contributed by atoms with Crippen LogP contribution >= 0.6 is 0 Å². The Labute approximate surface area is 145 Å². The van der Waals surface area contributed by atoms with E-state index < -0.39 is 24.4 Å². The molecule has 1 heterocycles. The standard InChI is InChI=1S/C19H21FO5/c20-14-5-1-12(2-6-14)11-24-15-7-3-13(4-8-15)19-18(23)17(22)9-16(10-21)25-19/h1-8,16-19,21-23H,9-11H2/t16-,17-,18-,19?/m0/s1. The number of aliphatic hydroxyl groups excluding tert-OH is 3. The summed E-state index contributed by atoms with van der Waals surface area (Å²) >= 11 is 0. The molecule has 1 unspecified atom stereocenters. The van der Waals surface area contributed by atoms with Crippen LogP contribution in [0.4, 0.5) is 4.39 Å². The van der Waals surface area contributed by atoms with Crippen molar-refractivity contribution in [2.45, 2.75) is 37.4 Å². The number of hydrogen-bond donors (Lipinski definition) is 3. The third-order valence-electron chi connectivity index (χ3n) is 4.28. The van der Waals surface area contributed by atoms with Crippen molar-refractivity contribution in [1.82, 2.24) is 0 Å². The second-order valence-electron chi connectivity index (χ2n) is 6.14. The zero-order valence-corrected chi connectivity index (χ0v) is 13.6. The van der Waals surface area contributed by atoms with Crippen molar-refractivity contribution in [1.29, 1.82) is 0 Å². The van der Waals surface area contributed by atoms with E-state index in [2.05, 4.69) is 0 Å². The summed E-state index contributed by atoms with van der Waals surface area (Å²) in [4.78, 5) is 0. The minimum atomic E-state index is -1.05. The van der Waals surface area contributed by atoms with E-state index in [1.165, 1.54) is 12.1 Å². The lowest BCUT2D eigenvalue weighted by molar-refractivity contribution is -0.179. The van der Waals surface area contributed by atoms with E-state index in [-0.39, 0.29) is 18.8 Å². The smallest absolute Gasteiger partial charge is 0.123 e. The Morgan fingerprint density at radius 1 is 1.04 bits per heavy atom. The van der Waals surface area contributed by atoms with Gasteiger partial charge < -0.3 is 24.8 Å². The summed E-state index contributed by atoms with van der Waals surface area (Å²) in [5, 5.41) is 29.3. The van der Waals surface area contributed by atoms with E-state index in [1.807, 2.05) is 0 Å². The molecular weight excluding hydrogens is 327 g/mol. The zero-order valence-electron chi connectivity index (χ0n) is 13.6. The van der Waals surface area contributed by atoms with Crippen LogP contribution in [0.5, 0.6) is 5.75 Å². The first-order chi connectivity index (χ1) is 12.1. The maximum Gasteiger partial charge on any atom is 0.123 e. The predicted molar refractivity (Wildman–Crippen MR) is 88.5 cm³/mol. The van der Waals surface area contributed by atoms with Gasteiger partial charge in [0.2, 0.25) is 0 Å². The quantitative estimate of drug-likeness (QED) is 0.770. The van der Waals surface area contributed by atoms with Gasteiger partial charge in [-0.25, -0.2) is 4.39 Å². The van der Waals surface area contributed by atoms with Crippen molar-refractivity contribution < 1.29 is 29.2 Å². The minimum absolute atomic E-state index is 0.201. The van der Waals surface area contributed by atoms with Gasteiger partial charge in [-0.3, -0.25) is 0 Å². The van der Waals surface area contributed by atoms with Gasteiger partial charge in [-0.1, -0.05) is 24.3 Å². The van der Waals surface area contributed by atoms with Crippen LogP contribution in [-0.2, 0) is 11.3 Å². The molecule has 2 aromatic carbocycles. The number of halogens is 1. The van der Waals surface area contributed by atoms with E-state index in [1.54, 1.807) is 36.4 Å². The molecule has 1 saturated heterocycles. The largest absolute Gasteiger partial charge is 0.489 e. The van der Waals surface area contributed by atoms with E-state index in [4.69, 9.17) is 9.47 Å². The van der Waals surface area contributed by atoms with Crippen LogP contribution in [0.15, 0.2) is 48.5 Å². The normalized spacial score (nSPS) is 26.4. The van der Waals surface area contributed by atoms with Crippen LogP contribution < -0.4 is 4.74 Å². The second kappa shape index (κ2) is 7.93. The highest BCUT2D eigenvalue weighted by Crippen LogP contribution is 2.32. The van der Waals surface area contributed by atoms with Crippen molar-refractivity contribution >= 4 is 0 Å². The van der Waals surface area contributed by atoms with Crippen molar-refractivity contribution in [2.24, 2.45) is 0 Å². The van der Waals surface area contributed by atoms with Crippen molar-refractivity contribution in [2.75, 3.05) is 6.61 Å². The molecule has 4 atom stereocenters. The Morgan fingerprint density at radius 2 is 1.72 bits per heavy atom. The van der Waals surface area contributed by atoms with E-state index >= 15 is 0 Å². The van der Waals surface area contributed by atoms with Gasteiger partial charge in [-0.05, 0) is 35.4 Å². The fourth-order valence-electron chi connectivity index (χ4n) is 2.85. The topological polar surface area (TPSA) is 79.2 Å². The molecule has 0 spiro atoms. The SMILES string of the molecule is OC[C@@H]1C[C@H](O)[C@H](O)C(c2ccc(OCc3ccc(F)cc3)cc2)O1. The Kier molecular flexibility index (Phi) is 5.65. The molecule has 134 valence electrons. The molecule has 1 aliphatic rings. The molecule has 0 bridgehead atoms. The van der Waals surface area contributed by atoms with Crippen LogP contribution in [0.25, 0.3) is 0 Å². The van der Waals surface area contributed by atoms with Crippen LogP contribution in [0.1, 0.15) is 23.7 Å². The first kappa shape index (κ1) is 17.8. The lowest BCUT2D eigenvalue weighted by Crippen LogP contribution is -2.44. The first-order valence-corrected chi connectivity index (χ1v) is 8.16. The highest BCUT2D eigenvalue weighted by Gasteiger charge is 2.37. The molecule has 1 fully saturated rings. The third-order valence-corrected chi connectivity index (χ3v) is 4.28. The zero-order chi connectivity index (χ0) is 17.8. The molecule has 0 amide bonds. The van der Waals surface area contributed by atoms with Gasteiger partial charge >= 0.3 is 0 Å². The summed E-state index contributed by atoms with van der Waals surface area (Å²) in [7, 11) is 0. The van der Waals surface area contributed by atoms with Gasteiger partial charge in [0.1, 0.15) is 30.4 Å². The lowest BCUT2D eigenvalue weighted by Gasteiger charge is -2.36. The molecule has 3 rings (SSSR count).